The molecule has 0 saturated carbocycles. The van der Waals surface area contributed by atoms with Crippen LogP contribution in [0.4, 0.5) is 0 Å². The van der Waals surface area contributed by atoms with Gasteiger partial charge in [0.15, 0.2) is 0 Å². The number of nitrogens with one attached hydrogen (secondary N) is 1. The normalized spacial score (nSPS) is 11.1. The van der Waals surface area contributed by atoms with E-state index < -0.39 is 0 Å². The summed E-state index contributed by atoms with van der Waals surface area (Å²) in [4.78, 5) is 0. The van der Waals surface area contributed by atoms with Crippen LogP contribution in [-0.2, 0) is 5.54 Å². The van der Waals surface area contributed by atoms with Gasteiger partial charge >= 0.3 is 0 Å². The smallest absolute Gasteiger partial charge is 0.131 e. The van der Waals surface area contributed by atoms with Gasteiger partial charge in [-0.25, -0.2) is 0 Å². The minimum Gasteiger partial charge on any atom is -0.362 e. The van der Waals surface area contributed by atoms with E-state index >= 15 is 0 Å². The van der Waals surface area contributed by atoms with E-state index in [4.69, 9.17) is 23.8 Å². The molecule has 0 bridgehead atoms. The molecule has 0 spiro atoms. The average molecular weight is 246 g/mol. The van der Waals surface area contributed by atoms with Crippen LogP contribution < -0.4 is 5.32 Å². The van der Waals surface area contributed by atoms with Crippen molar-refractivity contribution in [3.63, 3.8) is 0 Å². The van der Waals surface area contributed by atoms with Gasteiger partial charge in [-0.3, -0.25) is 0 Å². The van der Waals surface area contributed by atoms with Crippen molar-refractivity contribution in [1.29, 1.82) is 0 Å². The highest BCUT2D eigenvalue weighted by molar-refractivity contribution is 8.11. The zero-order valence-electron chi connectivity index (χ0n) is 8.04. The molecule has 4 heteroatoms. The van der Waals surface area contributed by atoms with Gasteiger partial charge in [0.1, 0.15) is 4.32 Å². The number of hydrogen-bond acceptors (Lipinski definition) is 1. The molecule has 1 N–H and O–H groups in total. The summed E-state index contributed by atoms with van der Waals surface area (Å²) in [6.45, 7) is 4.08. The molecule has 76 valence electrons. The molecule has 0 fully saturated rings. The fourth-order valence-electron chi connectivity index (χ4n) is 1.21. The molecule has 0 aromatic heterocycles. The first-order valence-electron chi connectivity index (χ1n) is 4.19. The highest BCUT2D eigenvalue weighted by Gasteiger charge is 2.19. The van der Waals surface area contributed by atoms with Crippen LogP contribution in [0.1, 0.15) is 19.4 Å². The zero-order chi connectivity index (χ0) is 10.8. The molecule has 0 aliphatic heterocycles. The summed E-state index contributed by atoms with van der Waals surface area (Å²) < 4.78 is 0.491. The van der Waals surface area contributed by atoms with Crippen LogP contribution in [0.3, 0.4) is 0 Å². The molecule has 0 aliphatic carbocycles. The van der Waals surface area contributed by atoms with E-state index in [0.717, 1.165) is 10.6 Å². The Bertz CT molecular complexity index is 332. The first-order chi connectivity index (χ1) is 6.42. The summed E-state index contributed by atoms with van der Waals surface area (Å²) in [6.07, 6.45) is 0. The molecule has 0 atom stereocenters. The molecular formula is C10H12ClNS2. The summed E-state index contributed by atoms with van der Waals surface area (Å²) in [5, 5.41) is 3.84. The summed E-state index contributed by atoms with van der Waals surface area (Å²) in [7, 11) is 0. The Morgan fingerprint density at radius 3 is 2.29 bits per heavy atom. The third kappa shape index (κ3) is 3.15. The highest BCUT2D eigenvalue weighted by atomic mass is 35.5. The van der Waals surface area contributed by atoms with E-state index in [1.165, 1.54) is 0 Å². The van der Waals surface area contributed by atoms with Gasteiger partial charge in [0, 0.05) is 5.02 Å². The number of thiol groups is 1. The summed E-state index contributed by atoms with van der Waals surface area (Å²) in [5.74, 6) is 0. The van der Waals surface area contributed by atoms with Crippen molar-refractivity contribution in [1.82, 2.24) is 5.32 Å². The van der Waals surface area contributed by atoms with E-state index in [9.17, 15) is 0 Å². The summed E-state index contributed by atoms with van der Waals surface area (Å²) >= 11 is 14.8. The predicted octanol–water partition coefficient (Wildman–Crippen LogP) is 3.38. The van der Waals surface area contributed by atoms with Crippen LogP contribution in [0.2, 0.25) is 5.02 Å². The molecule has 14 heavy (non-hydrogen) atoms. The lowest BCUT2D eigenvalue weighted by Gasteiger charge is -2.27. The maximum atomic E-state index is 5.81. The van der Waals surface area contributed by atoms with E-state index in [2.05, 4.69) is 17.9 Å². The Hall–Kier alpha value is -0.250. The molecule has 1 aromatic rings. The van der Waals surface area contributed by atoms with E-state index in [1.807, 2.05) is 38.1 Å². The molecule has 0 saturated heterocycles. The minimum atomic E-state index is -0.219. The maximum absolute atomic E-state index is 5.81. The van der Waals surface area contributed by atoms with Gasteiger partial charge in [0.25, 0.3) is 0 Å². The van der Waals surface area contributed by atoms with Crippen molar-refractivity contribution in [3.8, 4) is 0 Å². The molecule has 0 heterocycles. The zero-order valence-corrected chi connectivity index (χ0v) is 10.5. The number of rotatable bonds is 2. The van der Waals surface area contributed by atoms with Gasteiger partial charge in [-0.2, -0.15) is 0 Å². The molecule has 0 unspecified atom stereocenters. The summed E-state index contributed by atoms with van der Waals surface area (Å²) in [6, 6.07) is 7.67. The SMILES string of the molecule is CC(C)(NC(=S)S)c1ccc(Cl)cc1. The van der Waals surface area contributed by atoms with Crippen molar-refractivity contribution in [2.45, 2.75) is 19.4 Å². The van der Waals surface area contributed by atoms with Crippen molar-refractivity contribution < 1.29 is 0 Å². The van der Waals surface area contributed by atoms with Crippen molar-refractivity contribution in [2.75, 3.05) is 0 Å². The third-order valence-electron chi connectivity index (χ3n) is 1.99. The minimum absolute atomic E-state index is 0.219. The van der Waals surface area contributed by atoms with E-state index in [1.54, 1.807) is 0 Å². The lowest BCUT2D eigenvalue weighted by atomic mass is 9.95. The maximum Gasteiger partial charge on any atom is 0.131 e. The fraction of sp³-hybridized carbons (Fsp3) is 0.300. The van der Waals surface area contributed by atoms with Gasteiger partial charge in [0.2, 0.25) is 0 Å². The van der Waals surface area contributed by atoms with Gasteiger partial charge in [-0.1, -0.05) is 36.0 Å². The second kappa shape index (κ2) is 4.51. The predicted molar refractivity (Wildman–Crippen MR) is 69.2 cm³/mol. The van der Waals surface area contributed by atoms with Crippen molar-refractivity contribution >= 4 is 40.8 Å². The quantitative estimate of drug-likeness (QED) is 0.612. The van der Waals surface area contributed by atoms with Crippen LogP contribution in [-0.4, -0.2) is 4.32 Å². The number of benzene rings is 1. The highest BCUT2D eigenvalue weighted by Crippen LogP contribution is 2.22. The molecular weight excluding hydrogens is 234 g/mol. The molecule has 0 aliphatic rings. The molecule has 1 aromatic carbocycles. The second-order valence-electron chi connectivity index (χ2n) is 3.56. The van der Waals surface area contributed by atoms with Crippen LogP contribution in [0, 0.1) is 0 Å². The number of halogens is 1. The Morgan fingerprint density at radius 2 is 1.86 bits per heavy atom. The van der Waals surface area contributed by atoms with Crippen LogP contribution >= 0.6 is 36.4 Å². The average Bonchev–Trinajstić information content (AvgIpc) is 2.02. The standard InChI is InChI=1S/C10H12ClNS2/c1-10(2,12-9(13)14)7-3-5-8(11)6-4-7/h3-6H,1-2H3,(H2,12,13,14). The van der Waals surface area contributed by atoms with Crippen molar-refractivity contribution in [2.24, 2.45) is 0 Å². The Morgan fingerprint density at radius 1 is 1.36 bits per heavy atom. The lowest BCUT2D eigenvalue weighted by molar-refractivity contribution is 0.493. The van der Waals surface area contributed by atoms with Crippen LogP contribution in [0.25, 0.3) is 0 Å². The van der Waals surface area contributed by atoms with Crippen molar-refractivity contribution in [3.05, 3.63) is 34.9 Å². The number of hydrogen-bond donors (Lipinski definition) is 2. The summed E-state index contributed by atoms with van der Waals surface area (Å²) in [5.41, 5.74) is 0.905. The Balaban J connectivity index is 2.91. The third-order valence-corrected chi connectivity index (χ3v) is 2.45. The Labute approximate surface area is 100 Å². The molecule has 1 rings (SSSR count). The van der Waals surface area contributed by atoms with E-state index in [0.29, 0.717) is 4.32 Å². The van der Waals surface area contributed by atoms with Gasteiger partial charge in [-0.15, -0.1) is 12.6 Å². The topological polar surface area (TPSA) is 12.0 Å². The molecule has 0 radical (unpaired) electrons. The second-order valence-corrected chi connectivity index (χ2v) is 5.16. The van der Waals surface area contributed by atoms with Gasteiger partial charge in [0.05, 0.1) is 5.54 Å². The lowest BCUT2D eigenvalue weighted by Crippen LogP contribution is -2.37. The van der Waals surface area contributed by atoms with Crippen LogP contribution in [0.15, 0.2) is 24.3 Å². The van der Waals surface area contributed by atoms with Gasteiger partial charge in [-0.05, 0) is 31.5 Å². The van der Waals surface area contributed by atoms with Crippen LogP contribution in [0.5, 0.6) is 0 Å². The first kappa shape index (κ1) is 11.8. The number of thiocarbonyl (C=S) groups is 1. The van der Waals surface area contributed by atoms with E-state index in [-0.39, 0.29) is 5.54 Å². The fourth-order valence-corrected chi connectivity index (χ4v) is 1.87. The molecule has 0 amide bonds. The largest absolute Gasteiger partial charge is 0.362 e. The first-order valence-corrected chi connectivity index (χ1v) is 5.42. The Kier molecular flexibility index (Phi) is 3.81. The molecule has 1 nitrogen and oxygen atoms in total. The monoisotopic (exact) mass is 245 g/mol. The van der Waals surface area contributed by atoms with Gasteiger partial charge < -0.3 is 5.32 Å².